The zero-order valence-electron chi connectivity index (χ0n) is 14.1. The van der Waals surface area contributed by atoms with E-state index in [9.17, 15) is 9.59 Å². The average Bonchev–Trinajstić information content (AvgIpc) is 2.52. The van der Waals surface area contributed by atoms with Crippen molar-refractivity contribution < 1.29 is 24.2 Å². The Morgan fingerprint density at radius 1 is 1.26 bits per heavy atom. The summed E-state index contributed by atoms with van der Waals surface area (Å²) in [5, 5.41) is 11.8. The molecule has 1 aromatic rings. The van der Waals surface area contributed by atoms with Gasteiger partial charge >= 0.3 is 5.97 Å². The van der Waals surface area contributed by atoms with Crippen LogP contribution in [-0.4, -0.2) is 55.7 Å². The molecule has 0 saturated heterocycles. The molecule has 0 spiro atoms. The molecule has 0 bridgehead atoms. The van der Waals surface area contributed by atoms with Gasteiger partial charge in [0.05, 0.1) is 26.8 Å². The van der Waals surface area contributed by atoms with E-state index in [1.165, 1.54) is 11.8 Å². The summed E-state index contributed by atoms with van der Waals surface area (Å²) in [4.78, 5) is 24.5. The molecule has 2 unspecified atom stereocenters. The fraction of sp³-hybridized carbons (Fsp3) is 0.500. The van der Waals surface area contributed by atoms with Crippen molar-refractivity contribution >= 4 is 11.9 Å². The Bertz CT molecular complexity index is 561. The second-order valence-corrected chi connectivity index (χ2v) is 5.33. The predicted octanol–water partition coefficient (Wildman–Crippen LogP) is 1.29. The summed E-state index contributed by atoms with van der Waals surface area (Å²) in [5.41, 5.74) is 0.786. The Balaban J connectivity index is 2.77. The van der Waals surface area contributed by atoms with E-state index in [2.05, 4.69) is 5.32 Å². The fourth-order valence-electron chi connectivity index (χ4n) is 2.09. The first kappa shape index (κ1) is 18.8. The highest BCUT2D eigenvalue weighted by Gasteiger charge is 2.21. The number of rotatable bonds is 8. The molecule has 0 aliphatic heterocycles. The molecule has 0 aromatic heterocycles. The van der Waals surface area contributed by atoms with Crippen LogP contribution in [0.2, 0.25) is 0 Å². The molecule has 2 N–H and O–H groups in total. The number of hydrogen-bond acceptors (Lipinski definition) is 5. The van der Waals surface area contributed by atoms with Crippen molar-refractivity contribution in [3.63, 3.8) is 0 Å². The van der Waals surface area contributed by atoms with Crippen LogP contribution in [0.1, 0.15) is 25.5 Å². The Morgan fingerprint density at radius 3 is 2.43 bits per heavy atom. The molecule has 7 nitrogen and oxygen atoms in total. The maximum Gasteiger partial charge on any atom is 0.320 e. The first-order valence-electron chi connectivity index (χ1n) is 7.24. The molecule has 0 saturated carbocycles. The predicted molar refractivity (Wildman–Crippen MR) is 85.8 cm³/mol. The van der Waals surface area contributed by atoms with Crippen molar-refractivity contribution in [1.82, 2.24) is 10.2 Å². The van der Waals surface area contributed by atoms with Gasteiger partial charge in [-0.3, -0.25) is 14.5 Å². The summed E-state index contributed by atoms with van der Waals surface area (Å²) in [6.45, 7) is 3.35. The van der Waals surface area contributed by atoms with Crippen molar-refractivity contribution in [2.24, 2.45) is 0 Å². The molecule has 0 radical (unpaired) electrons. The zero-order valence-corrected chi connectivity index (χ0v) is 14.1. The van der Waals surface area contributed by atoms with Crippen LogP contribution in [0.4, 0.5) is 0 Å². The van der Waals surface area contributed by atoms with Crippen LogP contribution < -0.4 is 14.8 Å². The van der Waals surface area contributed by atoms with Crippen molar-refractivity contribution in [2.45, 2.75) is 25.9 Å². The molecule has 0 aliphatic carbocycles. The molecule has 128 valence electrons. The smallest absolute Gasteiger partial charge is 0.320 e. The second kappa shape index (κ2) is 8.38. The summed E-state index contributed by atoms with van der Waals surface area (Å²) in [6, 6.07) is 4.31. The van der Waals surface area contributed by atoms with E-state index in [4.69, 9.17) is 14.6 Å². The number of carboxylic acid groups (broad SMARTS) is 1. The lowest BCUT2D eigenvalue weighted by atomic mass is 10.1. The van der Waals surface area contributed by atoms with Crippen LogP contribution in [0.3, 0.4) is 0 Å². The summed E-state index contributed by atoms with van der Waals surface area (Å²) in [7, 11) is 4.72. The highest BCUT2D eigenvalue weighted by molar-refractivity contribution is 5.80. The van der Waals surface area contributed by atoms with E-state index in [1.807, 2.05) is 6.92 Å². The molecule has 23 heavy (non-hydrogen) atoms. The molecule has 2 atom stereocenters. The third kappa shape index (κ3) is 5.14. The van der Waals surface area contributed by atoms with Gasteiger partial charge in [-0.2, -0.15) is 0 Å². The first-order valence-corrected chi connectivity index (χ1v) is 7.24. The van der Waals surface area contributed by atoms with Gasteiger partial charge in [0.2, 0.25) is 5.91 Å². The van der Waals surface area contributed by atoms with E-state index in [-0.39, 0.29) is 18.5 Å². The highest BCUT2D eigenvalue weighted by atomic mass is 16.5. The number of carbonyl (C=O) groups is 2. The van der Waals surface area contributed by atoms with Gasteiger partial charge in [-0.25, -0.2) is 0 Å². The largest absolute Gasteiger partial charge is 0.497 e. The minimum Gasteiger partial charge on any atom is -0.497 e. The fourth-order valence-corrected chi connectivity index (χ4v) is 2.09. The number of methoxy groups -OCH3 is 2. The van der Waals surface area contributed by atoms with Crippen molar-refractivity contribution in [3.8, 4) is 11.5 Å². The molecule has 1 rings (SSSR count). The molecule has 1 amide bonds. The Labute approximate surface area is 136 Å². The third-order valence-corrected chi connectivity index (χ3v) is 3.69. The number of hydrogen-bond donors (Lipinski definition) is 2. The molecule has 0 fully saturated rings. The zero-order chi connectivity index (χ0) is 17.6. The number of carboxylic acids is 1. The molecule has 7 heteroatoms. The lowest BCUT2D eigenvalue weighted by Gasteiger charge is -2.23. The van der Waals surface area contributed by atoms with Gasteiger partial charge < -0.3 is 19.9 Å². The van der Waals surface area contributed by atoms with Gasteiger partial charge in [-0.05, 0) is 39.1 Å². The molecular weight excluding hydrogens is 300 g/mol. The van der Waals surface area contributed by atoms with Crippen LogP contribution >= 0.6 is 0 Å². The Kier molecular flexibility index (Phi) is 6.84. The first-order chi connectivity index (χ1) is 10.8. The number of aliphatic carboxylic acids is 1. The molecule has 0 aliphatic rings. The standard InChI is InChI=1S/C16H24N2O5/c1-10(13-8-12(22-4)6-7-14(13)23-5)17-15(19)9-18(3)11(2)16(20)21/h6-8,10-11H,9H2,1-5H3,(H,17,19)(H,20,21). The summed E-state index contributed by atoms with van der Waals surface area (Å²) < 4.78 is 10.5. The number of likely N-dealkylation sites (N-methyl/N-ethyl adjacent to an activating group) is 1. The topological polar surface area (TPSA) is 88.1 Å². The molecular formula is C16H24N2O5. The number of carbonyl (C=O) groups excluding carboxylic acids is 1. The maximum atomic E-state index is 12.1. The quantitative estimate of drug-likeness (QED) is 0.749. The van der Waals surface area contributed by atoms with Crippen LogP contribution in [-0.2, 0) is 9.59 Å². The SMILES string of the molecule is COc1ccc(OC)c(C(C)NC(=O)CN(C)C(C)C(=O)O)c1. The van der Waals surface area contributed by atoms with Gasteiger partial charge in [0.15, 0.2) is 0 Å². The van der Waals surface area contributed by atoms with Crippen LogP contribution in [0.15, 0.2) is 18.2 Å². The lowest BCUT2D eigenvalue weighted by Crippen LogP contribution is -2.43. The van der Waals surface area contributed by atoms with E-state index in [1.54, 1.807) is 39.5 Å². The molecule has 1 aromatic carbocycles. The van der Waals surface area contributed by atoms with Crippen molar-refractivity contribution in [2.75, 3.05) is 27.8 Å². The number of benzene rings is 1. The minimum absolute atomic E-state index is 0.00983. The van der Waals surface area contributed by atoms with Gasteiger partial charge in [0.1, 0.15) is 17.5 Å². The maximum absolute atomic E-state index is 12.1. The summed E-state index contributed by atoms with van der Waals surface area (Å²) >= 11 is 0. The van der Waals surface area contributed by atoms with Crippen molar-refractivity contribution in [1.29, 1.82) is 0 Å². The van der Waals surface area contributed by atoms with E-state index >= 15 is 0 Å². The summed E-state index contributed by atoms with van der Waals surface area (Å²) in [5.74, 6) is 0.0742. The molecule has 0 heterocycles. The Morgan fingerprint density at radius 2 is 1.91 bits per heavy atom. The van der Waals surface area contributed by atoms with Crippen LogP contribution in [0.5, 0.6) is 11.5 Å². The average molecular weight is 324 g/mol. The van der Waals surface area contributed by atoms with Gasteiger partial charge in [0.25, 0.3) is 0 Å². The monoisotopic (exact) mass is 324 g/mol. The van der Waals surface area contributed by atoms with Gasteiger partial charge in [0, 0.05) is 5.56 Å². The minimum atomic E-state index is -0.970. The Hall–Kier alpha value is -2.28. The van der Waals surface area contributed by atoms with E-state index in [0.29, 0.717) is 11.5 Å². The number of amides is 1. The number of ether oxygens (including phenoxy) is 2. The van der Waals surface area contributed by atoms with E-state index in [0.717, 1.165) is 5.56 Å². The lowest BCUT2D eigenvalue weighted by molar-refractivity contribution is -0.142. The van der Waals surface area contributed by atoms with Crippen molar-refractivity contribution in [3.05, 3.63) is 23.8 Å². The number of nitrogens with zero attached hydrogens (tertiary/aromatic N) is 1. The van der Waals surface area contributed by atoms with Gasteiger partial charge in [-0.15, -0.1) is 0 Å². The third-order valence-electron chi connectivity index (χ3n) is 3.69. The van der Waals surface area contributed by atoms with Gasteiger partial charge in [-0.1, -0.05) is 0 Å². The number of nitrogens with one attached hydrogen (secondary N) is 1. The van der Waals surface area contributed by atoms with Crippen LogP contribution in [0.25, 0.3) is 0 Å². The van der Waals surface area contributed by atoms with E-state index < -0.39 is 12.0 Å². The summed E-state index contributed by atoms with van der Waals surface area (Å²) in [6.07, 6.45) is 0. The second-order valence-electron chi connectivity index (χ2n) is 5.33. The normalized spacial score (nSPS) is 13.3. The van der Waals surface area contributed by atoms with Crippen LogP contribution in [0, 0.1) is 0 Å². The highest BCUT2D eigenvalue weighted by Crippen LogP contribution is 2.29.